The van der Waals surface area contributed by atoms with Crippen molar-refractivity contribution in [3.63, 3.8) is 0 Å². The van der Waals surface area contributed by atoms with E-state index in [0.717, 1.165) is 12.0 Å². The molecule has 2 atom stereocenters. The second kappa shape index (κ2) is 8.88. The summed E-state index contributed by atoms with van der Waals surface area (Å²) >= 11 is 6.23. The van der Waals surface area contributed by atoms with Crippen LogP contribution in [0.5, 0.6) is 0 Å². The summed E-state index contributed by atoms with van der Waals surface area (Å²) in [5.41, 5.74) is 2.94. The molecule has 0 bridgehead atoms. The lowest BCUT2D eigenvalue weighted by Gasteiger charge is -2.29. The van der Waals surface area contributed by atoms with Gasteiger partial charge in [0, 0.05) is 48.7 Å². The molecule has 7 nitrogen and oxygen atoms in total. The number of aromatic nitrogens is 5. The molecule has 3 aromatic heterocycles. The molecule has 34 heavy (non-hydrogen) atoms. The van der Waals surface area contributed by atoms with Crippen molar-refractivity contribution in [3.05, 3.63) is 80.7 Å². The number of ether oxygens (including phenoxy) is 1. The second-order valence-electron chi connectivity index (χ2n) is 8.48. The highest BCUT2D eigenvalue weighted by molar-refractivity contribution is 6.31. The van der Waals surface area contributed by atoms with Crippen molar-refractivity contribution in [2.75, 3.05) is 6.61 Å². The number of benzene rings is 1. The summed E-state index contributed by atoms with van der Waals surface area (Å²) in [6, 6.07) is 5.87. The van der Waals surface area contributed by atoms with Gasteiger partial charge in [0.15, 0.2) is 5.65 Å². The van der Waals surface area contributed by atoms with Crippen LogP contribution in [0, 0.1) is 6.92 Å². The number of hydrogen-bond donors (Lipinski definition) is 0. The van der Waals surface area contributed by atoms with E-state index in [1.165, 1.54) is 16.5 Å². The van der Waals surface area contributed by atoms with Crippen molar-refractivity contribution in [2.24, 2.45) is 7.05 Å². The number of alkyl halides is 2. The van der Waals surface area contributed by atoms with Gasteiger partial charge in [-0.1, -0.05) is 35.9 Å². The molecule has 1 aliphatic heterocycles. The maximum Gasteiger partial charge on any atom is 0.277 e. The minimum Gasteiger partial charge on any atom is -0.373 e. The summed E-state index contributed by atoms with van der Waals surface area (Å²) in [6.07, 6.45) is 4.07. The summed E-state index contributed by atoms with van der Waals surface area (Å²) in [6.45, 7) is 2.18. The molecule has 0 saturated carbocycles. The molecule has 5 rings (SSSR count). The fourth-order valence-corrected chi connectivity index (χ4v) is 4.46. The topological polar surface area (TPSA) is 74.3 Å². The van der Waals surface area contributed by atoms with Crippen molar-refractivity contribution in [3.8, 4) is 11.3 Å². The van der Waals surface area contributed by atoms with E-state index in [-0.39, 0.29) is 22.6 Å². The smallest absolute Gasteiger partial charge is 0.277 e. The number of fused-ring (bicyclic) bond motifs is 1. The highest BCUT2D eigenvalue weighted by Gasteiger charge is 2.28. The van der Waals surface area contributed by atoms with Crippen LogP contribution in [-0.2, 0) is 11.8 Å². The SMILES string of the molecule is Cc1nc2c(-c3ccc(C(F)F)cc3)nc([C@H]3CCO[C@H](c4cnn(C)c4)C3)cn2c(=O)c1Cl. The zero-order valence-corrected chi connectivity index (χ0v) is 19.3. The monoisotopic (exact) mass is 485 g/mol. The molecule has 0 unspecified atom stereocenters. The molecule has 0 radical (unpaired) electrons. The number of rotatable bonds is 4. The van der Waals surface area contributed by atoms with E-state index >= 15 is 0 Å². The van der Waals surface area contributed by atoms with Gasteiger partial charge in [0.1, 0.15) is 10.7 Å². The standard InChI is InChI=1S/C24H22ClF2N5O2/c1-13-20(25)24(33)32-12-18(16-7-8-34-19(9-16)17-10-28-31(2)11-17)30-21(23(32)29-13)14-3-5-15(6-4-14)22(26)27/h3-6,10-12,16,19,22H,7-9H2,1-2H3/t16-,19-/m0/s1. The maximum absolute atomic E-state index is 13.1. The molecule has 4 heterocycles. The Morgan fingerprint density at radius 2 is 1.94 bits per heavy atom. The lowest BCUT2D eigenvalue weighted by Crippen LogP contribution is -2.23. The van der Waals surface area contributed by atoms with E-state index in [9.17, 15) is 13.6 Å². The van der Waals surface area contributed by atoms with Gasteiger partial charge in [-0.05, 0) is 19.8 Å². The lowest BCUT2D eigenvalue weighted by molar-refractivity contribution is 0.00455. The highest BCUT2D eigenvalue weighted by Crippen LogP contribution is 2.37. The fourth-order valence-electron chi connectivity index (χ4n) is 4.33. The van der Waals surface area contributed by atoms with Crippen LogP contribution in [0.4, 0.5) is 8.78 Å². The second-order valence-corrected chi connectivity index (χ2v) is 8.85. The Labute approximate surface area is 199 Å². The molecule has 10 heteroatoms. The predicted octanol–water partition coefficient (Wildman–Crippen LogP) is 5.02. The first-order chi connectivity index (χ1) is 16.3. The Morgan fingerprint density at radius 3 is 2.62 bits per heavy atom. The van der Waals surface area contributed by atoms with Gasteiger partial charge in [0.2, 0.25) is 0 Å². The first-order valence-electron chi connectivity index (χ1n) is 10.9. The van der Waals surface area contributed by atoms with Crippen molar-refractivity contribution in [2.45, 2.75) is 38.2 Å². The van der Waals surface area contributed by atoms with Crippen LogP contribution in [0.2, 0.25) is 5.02 Å². The molecular weight excluding hydrogens is 464 g/mol. The quantitative estimate of drug-likeness (QED) is 0.405. The van der Waals surface area contributed by atoms with E-state index in [1.807, 2.05) is 13.2 Å². The summed E-state index contributed by atoms with van der Waals surface area (Å²) in [4.78, 5) is 22.4. The minimum absolute atomic E-state index is 0.00872. The fraction of sp³-hybridized carbons (Fsp3) is 0.333. The van der Waals surface area contributed by atoms with Crippen LogP contribution in [0.3, 0.4) is 0 Å². The Balaban J connectivity index is 1.63. The van der Waals surface area contributed by atoms with E-state index < -0.39 is 12.0 Å². The Kier molecular flexibility index (Phi) is 5.91. The third-order valence-corrected chi connectivity index (χ3v) is 6.61. The Hall–Kier alpha value is -3.17. The highest BCUT2D eigenvalue weighted by atomic mass is 35.5. The largest absolute Gasteiger partial charge is 0.373 e. The van der Waals surface area contributed by atoms with Gasteiger partial charge in [-0.25, -0.2) is 18.7 Å². The van der Waals surface area contributed by atoms with Crippen LogP contribution < -0.4 is 5.56 Å². The molecule has 4 aromatic rings. The van der Waals surface area contributed by atoms with Gasteiger partial charge < -0.3 is 4.74 Å². The zero-order valence-electron chi connectivity index (χ0n) is 18.6. The molecule has 1 aromatic carbocycles. The summed E-state index contributed by atoms with van der Waals surface area (Å²) < 4.78 is 35.3. The van der Waals surface area contributed by atoms with Crippen molar-refractivity contribution in [1.82, 2.24) is 24.1 Å². The Bertz CT molecular complexity index is 1420. The zero-order chi connectivity index (χ0) is 24.0. The van der Waals surface area contributed by atoms with Crippen LogP contribution in [-0.4, -0.2) is 30.8 Å². The molecule has 0 aliphatic carbocycles. The number of hydrogen-bond acceptors (Lipinski definition) is 5. The summed E-state index contributed by atoms with van der Waals surface area (Å²) in [7, 11) is 1.85. The average Bonchev–Trinajstić information content (AvgIpc) is 3.29. The first-order valence-corrected chi connectivity index (χ1v) is 11.3. The average molecular weight is 486 g/mol. The van der Waals surface area contributed by atoms with E-state index in [1.54, 1.807) is 36.1 Å². The lowest BCUT2D eigenvalue weighted by atomic mass is 9.90. The number of aryl methyl sites for hydroxylation is 2. The molecule has 0 spiro atoms. The molecule has 0 N–H and O–H groups in total. The normalized spacial score (nSPS) is 18.6. The molecule has 0 amide bonds. The molecule has 1 saturated heterocycles. The first kappa shape index (κ1) is 22.6. The third-order valence-electron chi connectivity index (χ3n) is 6.18. The van der Waals surface area contributed by atoms with Crippen molar-refractivity contribution >= 4 is 17.2 Å². The van der Waals surface area contributed by atoms with Crippen LogP contribution in [0.15, 0.2) is 47.7 Å². The van der Waals surface area contributed by atoms with Gasteiger partial charge in [-0.2, -0.15) is 5.10 Å². The van der Waals surface area contributed by atoms with Gasteiger partial charge in [0.05, 0.1) is 23.7 Å². The number of halogens is 3. The van der Waals surface area contributed by atoms with E-state index in [4.69, 9.17) is 21.3 Å². The van der Waals surface area contributed by atoms with Gasteiger partial charge in [-0.3, -0.25) is 13.9 Å². The number of nitrogens with zero attached hydrogens (tertiary/aromatic N) is 5. The van der Waals surface area contributed by atoms with E-state index in [0.29, 0.717) is 41.3 Å². The molecule has 1 fully saturated rings. The summed E-state index contributed by atoms with van der Waals surface area (Å²) in [5, 5.41) is 4.27. The van der Waals surface area contributed by atoms with Crippen molar-refractivity contribution in [1.29, 1.82) is 0 Å². The summed E-state index contributed by atoms with van der Waals surface area (Å²) in [5.74, 6) is 0.00872. The van der Waals surface area contributed by atoms with Crippen LogP contribution in [0.25, 0.3) is 16.9 Å². The van der Waals surface area contributed by atoms with Crippen LogP contribution >= 0.6 is 11.6 Å². The molecular formula is C24H22ClF2N5O2. The predicted molar refractivity (Wildman–Crippen MR) is 123 cm³/mol. The van der Waals surface area contributed by atoms with E-state index in [2.05, 4.69) is 10.1 Å². The minimum atomic E-state index is -2.57. The maximum atomic E-state index is 13.1. The van der Waals surface area contributed by atoms with Gasteiger partial charge >= 0.3 is 0 Å². The molecule has 176 valence electrons. The molecule has 1 aliphatic rings. The third kappa shape index (κ3) is 4.10. The van der Waals surface area contributed by atoms with Gasteiger partial charge in [-0.15, -0.1) is 0 Å². The van der Waals surface area contributed by atoms with Gasteiger partial charge in [0.25, 0.3) is 12.0 Å². The Morgan fingerprint density at radius 1 is 1.18 bits per heavy atom. The van der Waals surface area contributed by atoms with Crippen molar-refractivity contribution < 1.29 is 13.5 Å². The van der Waals surface area contributed by atoms with Crippen LogP contribution in [0.1, 0.15) is 53.8 Å².